The summed E-state index contributed by atoms with van der Waals surface area (Å²) < 4.78 is 7.51. The lowest BCUT2D eigenvalue weighted by Gasteiger charge is -2.11. The van der Waals surface area contributed by atoms with Gasteiger partial charge in [0, 0.05) is 31.9 Å². The first kappa shape index (κ1) is 19.6. The zero-order valence-electron chi connectivity index (χ0n) is 16.9. The lowest BCUT2D eigenvalue weighted by molar-refractivity contribution is 0.0953. The second-order valence-corrected chi connectivity index (χ2v) is 7.05. The number of amides is 1. The summed E-state index contributed by atoms with van der Waals surface area (Å²) in [4.78, 5) is 21.0. The number of carbonyl (C=O) groups is 1. The normalized spacial score (nSPS) is 10.8. The van der Waals surface area contributed by atoms with Gasteiger partial charge >= 0.3 is 0 Å². The number of pyridine rings is 1. The number of aryl methyl sites for hydroxylation is 1. The Hall–Kier alpha value is -3.67. The summed E-state index contributed by atoms with van der Waals surface area (Å²) in [5, 5.41) is 2.95. The Morgan fingerprint density at radius 1 is 1.07 bits per heavy atom. The van der Waals surface area contributed by atoms with Crippen LogP contribution in [0.15, 0.2) is 73.1 Å². The van der Waals surface area contributed by atoms with E-state index >= 15 is 0 Å². The molecule has 0 saturated carbocycles. The molecule has 0 atom stereocenters. The van der Waals surface area contributed by atoms with E-state index in [4.69, 9.17) is 9.72 Å². The number of nitrogens with one attached hydrogen (secondary N) is 1. The molecule has 0 bridgehead atoms. The number of fused-ring (bicyclic) bond motifs is 1. The van der Waals surface area contributed by atoms with Crippen molar-refractivity contribution >= 4 is 16.9 Å². The van der Waals surface area contributed by atoms with Crippen molar-refractivity contribution in [3.05, 3.63) is 90.0 Å². The van der Waals surface area contributed by atoms with Crippen molar-refractivity contribution in [3.63, 3.8) is 0 Å². The molecule has 0 spiro atoms. The summed E-state index contributed by atoms with van der Waals surface area (Å²) in [5.74, 6) is 1.76. The number of rotatable bonds is 8. The van der Waals surface area contributed by atoms with Crippen molar-refractivity contribution < 1.29 is 9.53 Å². The molecular formula is C24H24N4O2. The monoisotopic (exact) mass is 400 g/mol. The molecule has 0 saturated heterocycles. The number of benzene rings is 2. The molecule has 1 N–H and O–H groups in total. The lowest BCUT2D eigenvalue weighted by atomic mass is 10.2. The first-order valence-electron chi connectivity index (χ1n) is 10.00. The fourth-order valence-corrected chi connectivity index (χ4v) is 3.45. The minimum Gasteiger partial charge on any atom is -0.497 e. The first-order valence-corrected chi connectivity index (χ1v) is 10.00. The number of imidazole rings is 1. The predicted molar refractivity (Wildman–Crippen MR) is 117 cm³/mol. The van der Waals surface area contributed by atoms with E-state index in [1.807, 2.05) is 30.3 Å². The fraction of sp³-hybridized carbons (Fsp3) is 0.208. The number of para-hydroxylation sites is 2. The van der Waals surface area contributed by atoms with Gasteiger partial charge in [0.05, 0.1) is 23.7 Å². The van der Waals surface area contributed by atoms with Gasteiger partial charge in [0.1, 0.15) is 11.6 Å². The van der Waals surface area contributed by atoms with E-state index in [1.165, 1.54) is 5.56 Å². The number of ether oxygens (including phenoxy) is 1. The summed E-state index contributed by atoms with van der Waals surface area (Å²) in [6, 6.07) is 19.8. The van der Waals surface area contributed by atoms with Gasteiger partial charge in [-0.1, -0.05) is 24.3 Å². The average Bonchev–Trinajstić information content (AvgIpc) is 3.15. The molecule has 0 aliphatic heterocycles. The molecule has 2 heterocycles. The Bertz CT molecular complexity index is 1120. The van der Waals surface area contributed by atoms with E-state index in [0.29, 0.717) is 12.1 Å². The summed E-state index contributed by atoms with van der Waals surface area (Å²) in [7, 11) is 1.67. The molecule has 4 aromatic rings. The molecule has 30 heavy (non-hydrogen) atoms. The van der Waals surface area contributed by atoms with Crippen LogP contribution < -0.4 is 10.1 Å². The van der Waals surface area contributed by atoms with Crippen LogP contribution in [-0.2, 0) is 13.0 Å². The second-order valence-electron chi connectivity index (χ2n) is 7.05. The molecule has 0 aliphatic rings. The first-order chi connectivity index (χ1) is 14.7. The molecule has 152 valence electrons. The lowest BCUT2D eigenvalue weighted by Crippen LogP contribution is -2.25. The maximum absolute atomic E-state index is 12.2. The van der Waals surface area contributed by atoms with Crippen LogP contribution in [-0.4, -0.2) is 34.1 Å². The van der Waals surface area contributed by atoms with Crippen molar-refractivity contribution in [1.82, 2.24) is 19.9 Å². The maximum Gasteiger partial charge on any atom is 0.252 e. The van der Waals surface area contributed by atoms with E-state index in [-0.39, 0.29) is 5.91 Å². The summed E-state index contributed by atoms with van der Waals surface area (Å²) in [6.07, 6.45) is 4.81. The topological polar surface area (TPSA) is 69.0 Å². The van der Waals surface area contributed by atoms with Gasteiger partial charge in [-0.2, -0.15) is 0 Å². The van der Waals surface area contributed by atoms with Gasteiger partial charge in [0.2, 0.25) is 0 Å². The Morgan fingerprint density at radius 2 is 1.90 bits per heavy atom. The number of hydrogen-bond donors (Lipinski definition) is 1. The van der Waals surface area contributed by atoms with E-state index in [1.54, 1.807) is 31.6 Å². The minimum absolute atomic E-state index is 0.102. The number of carbonyl (C=O) groups excluding carboxylic acids is 1. The van der Waals surface area contributed by atoms with Gasteiger partial charge in [-0.3, -0.25) is 9.78 Å². The number of nitrogens with zero attached hydrogens (tertiary/aromatic N) is 3. The number of methoxy groups -OCH3 is 1. The van der Waals surface area contributed by atoms with Gasteiger partial charge in [-0.25, -0.2) is 4.98 Å². The molecule has 0 radical (unpaired) electrons. The zero-order chi connectivity index (χ0) is 20.8. The number of hydrogen-bond acceptors (Lipinski definition) is 4. The van der Waals surface area contributed by atoms with Gasteiger partial charge in [-0.15, -0.1) is 0 Å². The summed E-state index contributed by atoms with van der Waals surface area (Å²) >= 11 is 0. The predicted octanol–water partition coefficient (Wildman–Crippen LogP) is 3.85. The minimum atomic E-state index is -0.102. The van der Waals surface area contributed by atoms with E-state index in [0.717, 1.165) is 42.0 Å². The van der Waals surface area contributed by atoms with Gasteiger partial charge < -0.3 is 14.6 Å². The Labute approximate surface area is 175 Å². The standard InChI is InChI=1S/C24H24N4O2/c1-30-20-12-10-18(11-13-20)17-28-22-8-3-2-7-21(22)27-23(28)9-5-15-26-24(29)19-6-4-14-25-16-19/h2-4,6-8,10-14,16H,5,9,15,17H2,1H3,(H,26,29). The number of aromatic nitrogens is 3. The van der Waals surface area contributed by atoms with Crippen LogP contribution >= 0.6 is 0 Å². The van der Waals surface area contributed by atoms with Gasteiger partial charge in [0.15, 0.2) is 0 Å². The van der Waals surface area contributed by atoms with E-state index < -0.39 is 0 Å². The molecule has 0 fully saturated rings. The third-order valence-corrected chi connectivity index (χ3v) is 5.02. The van der Waals surface area contributed by atoms with Crippen LogP contribution in [0.2, 0.25) is 0 Å². The highest BCUT2D eigenvalue weighted by Crippen LogP contribution is 2.20. The zero-order valence-corrected chi connectivity index (χ0v) is 16.9. The van der Waals surface area contributed by atoms with Crippen LogP contribution in [0.4, 0.5) is 0 Å². The SMILES string of the molecule is COc1ccc(Cn2c(CCCNC(=O)c3cccnc3)nc3ccccc32)cc1. The third kappa shape index (κ3) is 4.49. The quantitative estimate of drug-likeness (QED) is 0.456. The second kappa shape index (κ2) is 9.22. The smallest absolute Gasteiger partial charge is 0.252 e. The van der Waals surface area contributed by atoms with Crippen LogP contribution in [0.5, 0.6) is 5.75 Å². The van der Waals surface area contributed by atoms with E-state index in [2.05, 4.69) is 33.1 Å². The van der Waals surface area contributed by atoms with Crippen molar-refractivity contribution in [3.8, 4) is 5.75 Å². The molecule has 0 aliphatic carbocycles. The van der Waals surface area contributed by atoms with Gasteiger partial charge in [-0.05, 0) is 48.4 Å². The van der Waals surface area contributed by atoms with Crippen molar-refractivity contribution in [1.29, 1.82) is 0 Å². The van der Waals surface area contributed by atoms with Crippen molar-refractivity contribution in [2.24, 2.45) is 0 Å². The van der Waals surface area contributed by atoms with E-state index in [9.17, 15) is 4.79 Å². The molecule has 2 aromatic carbocycles. The van der Waals surface area contributed by atoms with Crippen LogP contribution in [0.1, 0.15) is 28.2 Å². The largest absolute Gasteiger partial charge is 0.497 e. The average molecular weight is 400 g/mol. The Balaban J connectivity index is 1.45. The van der Waals surface area contributed by atoms with Crippen LogP contribution in [0, 0.1) is 0 Å². The van der Waals surface area contributed by atoms with Crippen molar-refractivity contribution in [2.45, 2.75) is 19.4 Å². The maximum atomic E-state index is 12.2. The third-order valence-electron chi connectivity index (χ3n) is 5.02. The molecule has 2 aromatic heterocycles. The highest BCUT2D eigenvalue weighted by atomic mass is 16.5. The Morgan fingerprint density at radius 3 is 2.67 bits per heavy atom. The molecule has 4 rings (SSSR count). The highest BCUT2D eigenvalue weighted by molar-refractivity contribution is 5.93. The van der Waals surface area contributed by atoms with Gasteiger partial charge in [0.25, 0.3) is 5.91 Å². The molecular weight excluding hydrogens is 376 g/mol. The summed E-state index contributed by atoms with van der Waals surface area (Å²) in [5.41, 5.74) is 3.86. The van der Waals surface area contributed by atoms with Crippen LogP contribution in [0.3, 0.4) is 0 Å². The molecule has 0 unspecified atom stereocenters. The van der Waals surface area contributed by atoms with Crippen LogP contribution in [0.25, 0.3) is 11.0 Å². The summed E-state index contributed by atoms with van der Waals surface area (Å²) in [6.45, 7) is 1.32. The highest BCUT2D eigenvalue weighted by Gasteiger charge is 2.11. The molecule has 6 heteroatoms. The van der Waals surface area contributed by atoms with Crippen molar-refractivity contribution in [2.75, 3.05) is 13.7 Å². The molecule has 6 nitrogen and oxygen atoms in total. The fourth-order valence-electron chi connectivity index (χ4n) is 3.45. The Kier molecular flexibility index (Phi) is 6.03. The molecule has 1 amide bonds.